The second kappa shape index (κ2) is 3.74. The molecular formula is C9H10BrN3S. The minimum Gasteiger partial charge on any atom is -0.396 e. The third kappa shape index (κ3) is 1.69. The maximum Gasteiger partial charge on any atom is 0.0767 e. The van der Waals surface area contributed by atoms with E-state index in [0.29, 0.717) is 0 Å². The van der Waals surface area contributed by atoms with Crippen molar-refractivity contribution in [3.05, 3.63) is 32.7 Å². The molecule has 0 spiro atoms. The Labute approximate surface area is 94.7 Å². The van der Waals surface area contributed by atoms with Gasteiger partial charge in [0.2, 0.25) is 0 Å². The average Bonchev–Trinajstić information content (AvgIpc) is 2.68. The Kier molecular flexibility index (Phi) is 2.60. The van der Waals surface area contributed by atoms with Crippen molar-refractivity contribution in [1.29, 1.82) is 0 Å². The van der Waals surface area contributed by atoms with Crippen molar-refractivity contribution in [1.82, 2.24) is 9.78 Å². The molecule has 0 fully saturated rings. The Morgan fingerprint density at radius 3 is 2.93 bits per heavy atom. The van der Waals surface area contributed by atoms with Crippen molar-refractivity contribution < 1.29 is 0 Å². The van der Waals surface area contributed by atoms with Crippen molar-refractivity contribution in [3.8, 4) is 0 Å². The lowest BCUT2D eigenvalue weighted by molar-refractivity contribution is 0.671. The van der Waals surface area contributed by atoms with Crippen LogP contribution < -0.4 is 5.73 Å². The van der Waals surface area contributed by atoms with Gasteiger partial charge in [0.05, 0.1) is 24.1 Å². The van der Waals surface area contributed by atoms with E-state index in [-0.39, 0.29) is 0 Å². The maximum atomic E-state index is 5.72. The molecule has 2 aromatic rings. The molecule has 0 amide bonds. The van der Waals surface area contributed by atoms with Crippen LogP contribution in [-0.4, -0.2) is 9.78 Å². The van der Waals surface area contributed by atoms with Crippen LogP contribution in [0.4, 0.5) is 5.69 Å². The van der Waals surface area contributed by atoms with E-state index in [2.05, 4.69) is 26.4 Å². The minimum atomic E-state index is 0.748. The molecule has 0 unspecified atom stereocenters. The number of nitrogen functional groups attached to an aromatic ring is 1. The third-order valence-corrected chi connectivity index (χ3v) is 4.04. The summed E-state index contributed by atoms with van der Waals surface area (Å²) in [6.45, 7) is 2.76. The number of hydrogen-bond donors (Lipinski definition) is 1. The first kappa shape index (κ1) is 9.73. The molecule has 5 heteroatoms. The number of rotatable bonds is 2. The van der Waals surface area contributed by atoms with Gasteiger partial charge >= 0.3 is 0 Å². The molecule has 2 heterocycles. The van der Waals surface area contributed by atoms with Crippen molar-refractivity contribution in [2.75, 3.05) is 5.73 Å². The van der Waals surface area contributed by atoms with Gasteiger partial charge in [-0.05, 0) is 34.3 Å². The number of anilines is 1. The zero-order chi connectivity index (χ0) is 10.1. The molecule has 2 aromatic heterocycles. The van der Waals surface area contributed by atoms with Gasteiger partial charge in [-0.15, -0.1) is 11.3 Å². The van der Waals surface area contributed by atoms with Crippen LogP contribution in [0.1, 0.15) is 10.6 Å². The number of halogens is 1. The summed E-state index contributed by atoms with van der Waals surface area (Å²) in [5.41, 5.74) is 7.48. The van der Waals surface area contributed by atoms with Gasteiger partial charge in [0.15, 0.2) is 0 Å². The van der Waals surface area contributed by atoms with E-state index >= 15 is 0 Å². The molecule has 2 N–H and O–H groups in total. The normalized spacial score (nSPS) is 10.7. The molecule has 2 rings (SSSR count). The Hall–Kier alpha value is -0.810. The van der Waals surface area contributed by atoms with E-state index < -0.39 is 0 Å². The Morgan fingerprint density at radius 2 is 2.43 bits per heavy atom. The van der Waals surface area contributed by atoms with Crippen LogP contribution in [0.3, 0.4) is 0 Å². The fourth-order valence-corrected chi connectivity index (χ4v) is 2.65. The van der Waals surface area contributed by atoms with Crippen molar-refractivity contribution in [3.63, 3.8) is 0 Å². The Bertz CT molecular complexity index is 447. The average molecular weight is 272 g/mol. The lowest BCUT2D eigenvalue weighted by atomic mass is 10.4. The zero-order valence-electron chi connectivity index (χ0n) is 7.70. The standard InChI is InChI=1S/C9H10BrN3S/c1-6-8(11)4-12-13(6)5-9-7(10)2-3-14-9/h2-4H,5,11H2,1H3. The first-order valence-electron chi connectivity index (χ1n) is 4.18. The van der Waals surface area contributed by atoms with Gasteiger partial charge < -0.3 is 5.73 Å². The van der Waals surface area contributed by atoms with E-state index in [4.69, 9.17) is 5.73 Å². The van der Waals surface area contributed by atoms with Crippen LogP contribution in [0.5, 0.6) is 0 Å². The number of aromatic nitrogens is 2. The molecule has 0 aromatic carbocycles. The van der Waals surface area contributed by atoms with Gasteiger partial charge in [0, 0.05) is 9.35 Å². The predicted octanol–water partition coefficient (Wildman–Crippen LogP) is 2.65. The minimum absolute atomic E-state index is 0.748. The monoisotopic (exact) mass is 271 g/mol. The topological polar surface area (TPSA) is 43.8 Å². The van der Waals surface area contributed by atoms with Gasteiger partial charge in [-0.25, -0.2) is 0 Å². The fourth-order valence-electron chi connectivity index (χ4n) is 1.19. The summed E-state index contributed by atoms with van der Waals surface area (Å²) >= 11 is 5.21. The second-order valence-electron chi connectivity index (χ2n) is 3.03. The molecule has 0 saturated carbocycles. The number of thiophene rings is 1. The van der Waals surface area contributed by atoms with E-state index in [0.717, 1.165) is 22.4 Å². The van der Waals surface area contributed by atoms with Crippen molar-refractivity contribution in [2.45, 2.75) is 13.5 Å². The second-order valence-corrected chi connectivity index (χ2v) is 4.89. The van der Waals surface area contributed by atoms with Crippen LogP contribution >= 0.6 is 27.3 Å². The molecule has 0 bridgehead atoms. The highest BCUT2D eigenvalue weighted by Gasteiger charge is 2.06. The summed E-state index contributed by atoms with van der Waals surface area (Å²) < 4.78 is 3.04. The van der Waals surface area contributed by atoms with Crippen molar-refractivity contribution in [2.24, 2.45) is 0 Å². The van der Waals surface area contributed by atoms with Gasteiger partial charge in [-0.2, -0.15) is 5.10 Å². The van der Waals surface area contributed by atoms with E-state index in [1.807, 2.05) is 17.7 Å². The molecule has 0 aliphatic carbocycles. The smallest absolute Gasteiger partial charge is 0.0767 e. The molecule has 3 nitrogen and oxygen atoms in total. The molecule has 74 valence electrons. The highest BCUT2D eigenvalue weighted by molar-refractivity contribution is 9.10. The zero-order valence-corrected chi connectivity index (χ0v) is 10.1. The first-order valence-corrected chi connectivity index (χ1v) is 5.85. The van der Waals surface area contributed by atoms with Gasteiger partial charge in [0.25, 0.3) is 0 Å². The SMILES string of the molecule is Cc1c(N)cnn1Cc1sccc1Br. The fraction of sp³-hybridized carbons (Fsp3) is 0.222. The Balaban J connectivity index is 2.27. The van der Waals surface area contributed by atoms with E-state index in [9.17, 15) is 0 Å². The number of hydrogen-bond acceptors (Lipinski definition) is 3. The summed E-state index contributed by atoms with van der Waals surface area (Å²) in [4.78, 5) is 1.26. The van der Waals surface area contributed by atoms with Crippen LogP contribution in [0, 0.1) is 6.92 Å². The summed E-state index contributed by atoms with van der Waals surface area (Å²) in [5, 5.41) is 6.27. The van der Waals surface area contributed by atoms with Crippen LogP contribution in [-0.2, 0) is 6.54 Å². The summed E-state index contributed by atoms with van der Waals surface area (Å²) in [6.07, 6.45) is 1.69. The first-order chi connectivity index (χ1) is 6.68. The molecule has 0 aliphatic rings. The van der Waals surface area contributed by atoms with Gasteiger partial charge in [-0.1, -0.05) is 0 Å². The number of nitrogens with zero attached hydrogens (tertiary/aromatic N) is 2. The van der Waals surface area contributed by atoms with Crippen LogP contribution in [0.2, 0.25) is 0 Å². The van der Waals surface area contributed by atoms with Crippen LogP contribution in [0.15, 0.2) is 22.1 Å². The number of nitrogens with two attached hydrogens (primary N) is 1. The largest absolute Gasteiger partial charge is 0.396 e. The van der Waals surface area contributed by atoms with Crippen LogP contribution in [0.25, 0.3) is 0 Å². The highest BCUT2D eigenvalue weighted by atomic mass is 79.9. The summed E-state index contributed by atoms with van der Waals surface area (Å²) in [7, 11) is 0. The van der Waals surface area contributed by atoms with E-state index in [1.165, 1.54) is 4.88 Å². The predicted molar refractivity (Wildman–Crippen MR) is 62.5 cm³/mol. The lowest BCUT2D eigenvalue weighted by Crippen LogP contribution is -2.03. The van der Waals surface area contributed by atoms with Crippen molar-refractivity contribution >= 4 is 33.0 Å². The quantitative estimate of drug-likeness (QED) is 0.913. The third-order valence-electron chi connectivity index (χ3n) is 2.13. The van der Waals surface area contributed by atoms with Gasteiger partial charge in [-0.3, -0.25) is 4.68 Å². The Morgan fingerprint density at radius 1 is 1.64 bits per heavy atom. The lowest BCUT2D eigenvalue weighted by Gasteiger charge is -2.02. The summed E-state index contributed by atoms with van der Waals surface area (Å²) in [5.74, 6) is 0. The van der Waals surface area contributed by atoms with Gasteiger partial charge in [0.1, 0.15) is 0 Å². The highest BCUT2D eigenvalue weighted by Crippen LogP contribution is 2.24. The molecule has 0 atom stereocenters. The molecule has 0 aliphatic heterocycles. The molecule has 14 heavy (non-hydrogen) atoms. The summed E-state index contributed by atoms with van der Waals surface area (Å²) in [6, 6.07) is 2.04. The molecular weight excluding hydrogens is 262 g/mol. The maximum absolute atomic E-state index is 5.72. The molecule has 0 radical (unpaired) electrons. The van der Waals surface area contributed by atoms with E-state index in [1.54, 1.807) is 17.5 Å². The molecule has 0 saturated heterocycles.